The van der Waals surface area contributed by atoms with E-state index >= 15 is 0 Å². The number of carbonyl (C=O) groups excluding carboxylic acids is 1. The summed E-state index contributed by atoms with van der Waals surface area (Å²) in [5.74, 6) is -3.79. The monoisotopic (exact) mass is 352 g/mol. The maximum atomic E-state index is 11.5. The minimum atomic E-state index is -5.08. The first-order chi connectivity index (χ1) is 11.1. The minimum Gasteiger partial charge on any atom is -0.481 e. The summed E-state index contributed by atoms with van der Waals surface area (Å²) < 4.78 is 33.2. The quantitative estimate of drug-likeness (QED) is 0.646. The average molecular weight is 352 g/mol. The van der Waals surface area contributed by atoms with E-state index < -0.39 is 18.1 Å². The lowest BCUT2D eigenvalue weighted by Gasteiger charge is -2.01. The lowest BCUT2D eigenvalue weighted by molar-refractivity contribution is -0.753. The summed E-state index contributed by atoms with van der Waals surface area (Å²) in [6.45, 7) is 2.91. The summed E-state index contributed by atoms with van der Waals surface area (Å²) in [5.41, 5.74) is 0.477. The molecule has 8 nitrogen and oxygen atoms in total. The van der Waals surface area contributed by atoms with Crippen molar-refractivity contribution < 1.29 is 42.4 Å². The van der Waals surface area contributed by atoms with Crippen LogP contribution in [0.15, 0.2) is 18.5 Å². The van der Waals surface area contributed by atoms with Gasteiger partial charge in [-0.3, -0.25) is 9.59 Å². The Morgan fingerprint density at radius 3 is 2.25 bits per heavy atom. The number of carboxylic acids is 2. The zero-order valence-corrected chi connectivity index (χ0v) is 12.7. The molecule has 3 N–H and O–H groups in total. The second-order valence-electron chi connectivity index (χ2n) is 4.38. The predicted molar refractivity (Wildman–Crippen MR) is 73.0 cm³/mol. The van der Waals surface area contributed by atoms with Gasteiger partial charge in [-0.1, -0.05) is 11.6 Å². The van der Waals surface area contributed by atoms with E-state index in [2.05, 4.69) is 10.4 Å². The number of amides is 1. The summed E-state index contributed by atoms with van der Waals surface area (Å²) in [5, 5.41) is 22.3. The fourth-order valence-corrected chi connectivity index (χ4v) is 1.20. The molecule has 24 heavy (non-hydrogen) atoms. The molecule has 0 fully saturated rings. The van der Waals surface area contributed by atoms with Gasteiger partial charge in [0.25, 0.3) is 5.91 Å². The number of alkyl halides is 3. The van der Waals surface area contributed by atoms with Crippen LogP contribution in [0.3, 0.4) is 0 Å². The largest absolute Gasteiger partial charge is 0.490 e. The van der Waals surface area contributed by atoms with Gasteiger partial charge in [0.1, 0.15) is 12.6 Å². The molecule has 134 valence electrons. The van der Waals surface area contributed by atoms with E-state index in [1.165, 1.54) is 10.9 Å². The maximum Gasteiger partial charge on any atom is 0.490 e. The van der Waals surface area contributed by atoms with Crippen LogP contribution >= 0.6 is 0 Å². The van der Waals surface area contributed by atoms with Crippen LogP contribution < -0.4 is 10.00 Å². The molecule has 1 aromatic heterocycles. The van der Waals surface area contributed by atoms with Crippen molar-refractivity contribution in [3.05, 3.63) is 24.0 Å². The molecule has 0 radical (unpaired) electrons. The molecule has 0 unspecified atom stereocenters. The highest BCUT2D eigenvalue weighted by atomic mass is 19.4. The van der Waals surface area contributed by atoms with E-state index in [0.29, 0.717) is 18.7 Å². The smallest absolute Gasteiger partial charge is 0.481 e. The van der Waals surface area contributed by atoms with Crippen molar-refractivity contribution in [2.45, 2.75) is 32.5 Å². The van der Waals surface area contributed by atoms with Crippen molar-refractivity contribution >= 4 is 17.8 Å². The SMILES string of the molecule is CCCNC(=O)c1cc[n+](CCC(=O)O)nc1.O=C(O)C(F)(F)F. The van der Waals surface area contributed by atoms with Gasteiger partial charge in [-0.25, -0.2) is 4.79 Å². The number of halogens is 3. The van der Waals surface area contributed by atoms with E-state index in [1.807, 2.05) is 6.92 Å². The molecular weight excluding hydrogens is 335 g/mol. The van der Waals surface area contributed by atoms with Crippen LogP contribution in [-0.4, -0.2) is 45.9 Å². The summed E-state index contributed by atoms with van der Waals surface area (Å²) in [4.78, 5) is 30.8. The number of rotatable bonds is 6. The zero-order chi connectivity index (χ0) is 18.8. The molecule has 0 spiro atoms. The first-order valence-corrected chi connectivity index (χ1v) is 6.73. The van der Waals surface area contributed by atoms with Gasteiger partial charge in [0, 0.05) is 12.6 Å². The molecule has 0 atom stereocenters. The summed E-state index contributed by atoms with van der Waals surface area (Å²) in [6.07, 6.45) is -1.15. The molecule has 0 saturated heterocycles. The number of aliphatic carboxylic acids is 2. The molecule has 0 aliphatic heterocycles. The van der Waals surface area contributed by atoms with Crippen molar-refractivity contribution in [3.8, 4) is 0 Å². The van der Waals surface area contributed by atoms with Gasteiger partial charge in [0.2, 0.25) is 0 Å². The number of carbonyl (C=O) groups is 3. The van der Waals surface area contributed by atoms with Crippen molar-refractivity contribution in [2.24, 2.45) is 0 Å². The maximum absolute atomic E-state index is 11.5. The summed E-state index contributed by atoms with van der Waals surface area (Å²) in [6, 6.07) is 1.62. The first kappa shape index (κ1) is 21.3. The second kappa shape index (κ2) is 10.1. The standard InChI is InChI=1S/C11H15N3O3.C2HF3O2/c1-2-5-12-11(17)9-3-6-14(13-8-9)7-4-10(15)16;3-2(4,5)1(6)7/h3,6,8H,2,4-5,7H2,1H3,(H-,12,15,16,17);(H,6,7)/p+1. The number of nitrogens with one attached hydrogen (secondary N) is 1. The minimum absolute atomic E-state index is 0.0129. The fraction of sp³-hybridized carbons (Fsp3) is 0.462. The molecule has 11 heteroatoms. The number of hydrogen-bond acceptors (Lipinski definition) is 4. The fourth-order valence-electron chi connectivity index (χ4n) is 1.20. The lowest BCUT2D eigenvalue weighted by atomic mass is 10.3. The van der Waals surface area contributed by atoms with E-state index in [1.54, 1.807) is 12.3 Å². The number of nitrogens with zero attached hydrogens (tertiary/aromatic N) is 2. The van der Waals surface area contributed by atoms with Crippen LogP contribution in [0.5, 0.6) is 0 Å². The van der Waals surface area contributed by atoms with Crippen LogP contribution in [0, 0.1) is 0 Å². The highest BCUT2D eigenvalue weighted by Gasteiger charge is 2.38. The van der Waals surface area contributed by atoms with Crippen LogP contribution in [0.4, 0.5) is 13.2 Å². The third-order valence-electron chi connectivity index (χ3n) is 2.37. The molecule has 0 aliphatic carbocycles. The summed E-state index contributed by atoms with van der Waals surface area (Å²) in [7, 11) is 0. The summed E-state index contributed by atoms with van der Waals surface area (Å²) >= 11 is 0. The molecule has 1 amide bonds. The highest BCUT2D eigenvalue weighted by molar-refractivity contribution is 5.93. The molecule has 0 aromatic carbocycles. The van der Waals surface area contributed by atoms with Crippen LogP contribution in [0.25, 0.3) is 0 Å². The first-order valence-electron chi connectivity index (χ1n) is 6.73. The molecule has 0 aliphatic rings. The Morgan fingerprint density at radius 2 is 1.88 bits per heavy atom. The Balaban J connectivity index is 0.000000640. The van der Waals surface area contributed by atoms with Gasteiger partial charge in [-0.15, -0.1) is 0 Å². The zero-order valence-electron chi connectivity index (χ0n) is 12.7. The third-order valence-corrected chi connectivity index (χ3v) is 2.37. The molecule has 1 heterocycles. The third kappa shape index (κ3) is 9.33. The van der Waals surface area contributed by atoms with Crippen molar-refractivity contribution in [1.29, 1.82) is 0 Å². The van der Waals surface area contributed by atoms with Crippen LogP contribution in [0.1, 0.15) is 30.1 Å². The normalized spacial score (nSPS) is 10.3. The van der Waals surface area contributed by atoms with E-state index in [0.717, 1.165) is 6.42 Å². The average Bonchev–Trinajstić information content (AvgIpc) is 2.50. The molecule has 0 saturated carbocycles. The van der Waals surface area contributed by atoms with Gasteiger partial charge >= 0.3 is 18.1 Å². The molecular formula is C13H17F3N3O5+. The molecule has 1 rings (SSSR count). The number of aryl methyl sites for hydroxylation is 1. The Bertz CT molecular complexity index is 561. The Morgan fingerprint density at radius 1 is 1.29 bits per heavy atom. The van der Waals surface area contributed by atoms with Crippen molar-refractivity contribution in [1.82, 2.24) is 10.4 Å². The Labute approximate surface area is 134 Å². The van der Waals surface area contributed by atoms with Crippen LogP contribution in [-0.2, 0) is 16.1 Å². The topological polar surface area (TPSA) is 120 Å². The van der Waals surface area contributed by atoms with Gasteiger partial charge in [-0.05, 0) is 11.5 Å². The number of hydrogen-bond donors (Lipinski definition) is 3. The lowest BCUT2D eigenvalue weighted by Crippen LogP contribution is -2.39. The van der Waals surface area contributed by atoms with E-state index in [9.17, 15) is 22.8 Å². The highest BCUT2D eigenvalue weighted by Crippen LogP contribution is 2.13. The van der Waals surface area contributed by atoms with Gasteiger partial charge in [0.05, 0.1) is 5.56 Å². The molecule has 1 aromatic rings. The second-order valence-corrected chi connectivity index (χ2v) is 4.38. The van der Waals surface area contributed by atoms with Crippen LogP contribution in [0.2, 0.25) is 0 Å². The van der Waals surface area contributed by atoms with Gasteiger partial charge in [-0.2, -0.15) is 13.2 Å². The molecule has 0 bridgehead atoms. The van der Waals surface area contributed by atoms with Gasteiger partial charge < -0.3 is 15.5 Å². The number of aromatic nitrogens is 2. The Hall–Kier alpha value is -2.72. The predicted octanol–water partition coefficient (Wildman–Crippen LogP) is 0.617. The van der Waals surface area contributed by atoms with E-state index in [4.69, 9.17) is 15.0 Å². The van der Waals surface area contributed by atoms with Crippen molar-refractivity contribution in [2.75, 3.05) is 6.54 Å². The van der Waals surface area contributed by atoms with Gasteiger partial charge in [0.15, 0.2) is 12.7 Å². The van der Waals surface area contributed by atoms with Crippen molar-refractivity contribution in [3.63, 3.8) is 0 Å². The Kier molecular flexibility index (Phi) is 8.98. The number of carboxylic acid groups (broad SMARTS) is 2. The van der Waals surface area contributed by atoms with E-state index in [-0.39, 0.29) is 12.3 Å².